The van der Waals surface area contributed by atoms with E-state index in [4.69, 9.17) is 13.7 Å². The molecule has 8 heteroatoms. The molecule has 0 saturated carbocycles. The fourth-order valence-corrected chi connectivity index (χ4v) is 3.65. The molecule has 1 aromatic carbocycles. The van der Waals surface area contributed by atoms with Crippen LogP contribution < -0.4 is 9.64 Å². The van der Waals surface area contributed by atoms with Crippen LogP contribution in [0.4, 0.5) is 5.13 Å². The van der Waals surface area contributed by atoms with Gasteiger partial charge in [-0.1, -0.05) is 16.5 Å². The van der Waals surface area contributed by atoms with Crippen molar-refractivity contribution in [1.82, 2.24) is 10.1 Å². The van der Waals surface area contributed by atoms with Gasteiger partial charge in [0.1, 0.15) is 17.3 Å². The second kappa shape index (κ2) is 7.24. The second-order valence-corrected chi connectivity index (χ2v) is 6.86. The number of rotatable bonds is 6. The van der Waals surface area contributed by atoms with Gasteiger partial charge in [-0.25, -0.2) is 4.98 Å². The number of hydrogen-bond donors (Lipinski definition) is 0. The third-order valence-electron chi connectivity index (χ3n) is 3.88. The van der Waals surface area contributed by atoms with Gasteiger partial charge in [0.05, 0.1) is 29.6 Å². The number of fused-ring (bicyclic) bond motifs is 1. The Morgan fingerprint density at radius 1 is 1.30 bits per heavy atom. The molecule has 0 aliphatic carbocycles. The molecule has 3 heterocycles. The largest absolute Gasteiger partial charge is 0.494 e. The molecular weight excluding hydrogens is 366 g/mol. The van der Waals surface area contributed by atoms with Crippen LogP contribution in [0.2, 0.25) is 0 Å². The fourth-order valence-electron chi connectivity index (χ4n) is 2.65. The molecule has 0 aliphatic heterocycles. The van der Waals surface area contributed by atoms with E-state index in [1.807, 2.05) is 31.2 Å². The maximum absolute atomic E-state index is 13.0. The van der Waals surface area contributed by atoms with Crippen molar-refractivity contribution in [2.75, 3.05) is 11.5 Å². The number of thiazole rings is 1. The Hall–Kier alpha value is -3.13. The molecule has 7 nitrogen and oxygen atoms in total. The van der Waals surface area contributed by atoms with Gasteiger partial charge in [0.15, 0.2) is 10.8 Å². The van der Waals surface area contributed by atoms with E-state index in [-0.39, 0.29) is 18.1 Å². The lowest BCUT2D eigenvalue weighted by molar-refractivity contribution is 0.0974. The molecule has 0 bridgehead atoms. The molecule has 0 N–H and O–H groups in total. The Bertz CT molecular complexity index is 1070. The molecule has 138 valence electrons. The first kappa shape index (κ1) is 17.3. The average Bonchev–Trinajstić information content (AvgIpc) is 3.39. The minimum absolute atomic E-state index is 0.230. The smallest absolute Gasteiger partial charge is 0.282 e. The molecule has 1 amide bonds. The Kier molecular flexibility index (Phi) is 4.64. The van der Waals surface area contributed by atoms with Crippen LogP contribution in [0.1, 0.15) is 28.9 Å². The number of aromatic nitrogens is 2. The predicted molar refractivity (Wildman–Crippen MR) is 101 cm³/mol. The number of furan rings is 1. The van der Waals surface area contributed by atoms with Crippen molar-refractivity contribution in [3.05, 3.63) is 59.9 Å². The molecule has 0 spiro atoms. The summed E-state index contributed by atoms with van der Waals surface area (Å²) in [6.45, 7) is 4.52. The lowest BCUT2D eigenvalue weighted by atomic mass is 10.3. The van der Waals surface area contributed by atoms with Crippen LogP contribution in [-0.2, 0) is 6.54 Å². The number of carbonyl (C=O) groups is 1. The molecule has 0 fully saturated rings. The molecule has 0 radical (unpaired) electrons. The van der Waals surface area contributed by atoms with Gasteiger partial charge in [-0.05, 0) is 44.2 Å². The first-order chi connectivity index (χ1) is 13.1. The van der Waals surface area contributed by atoms with Gasteiger partial charge in [0.25, 0.3) is 5.91 Å². The van der Waals surface area contributed by atoms with E-state index in [9.17, 15) is 4.79 Å². The number of anilines is 1. The molecule has 0 aliphatic rings. The molecule has 4 aromatic rings. The number of nitrogens with zero attached hydrogens (tertiary/aromatic N) is 3. The highest BCUT2D eigenvalue weighted by Crippen LogP contribution is 2.33. The van der Waals surface area contributed by atoms with Crippen LogP contribution in [0, 0.1) is 6.92 Å². The van der Waals surface area contributed by atoms with Gasteiger partial charge >= 0.3 is 0 Å². The number of benzene rings is 1. The Labute approximate surface area is 159 Å². The fraction of sp³-hybridized carbons (Fsp3) is 0.211. The molecular formula is C19H17N3O4S. The normalized spacial score (nSPS) is 11.0. The number of amides is 1. The summed E-state index contributed by atoms with van der Waals surface area (Å²) in [6.07, 6.45) is 1.57. The van der Waals surface area contributed by atoms with Crippen molar-refractivity contribution >= 4 is 32.6 Å². The van der Waals surface area contributed by atoms with Crippen molar-refractivity contribution in [2.24, 2.45) is 0 Å². The Morgan fingerprint density at radius 3 is 2.89 bits per heavy atom. The standard InChI is InChI=1S/C19H17N3O4S/c1-3-24-13-6-7-15-17(10-13)27-19(20-15)22(11-14-5-4-8-25-14)18(23)16-9-12(2)26-21-16/h4-10H,3,11H2,1-2H3. The average molecular weight is 383 g/mol. The van der Waals surface area contributed by atoms with E-state index < -0.39 is 0 Å². The van der Waals surface area contributed by atoms with E-state index in [0.717, 1.165) is 16.0 Å². The summed E-state index contributed by atoms with van der Waals surface area (Å²) in [5.41, 5.74) is 1.03. The van der Waals surface area contributed by atoms with Gasteiger partial charge in [0, 0.05) is 6.07 Å². The molecule has 27 heavy (non-hydrogen) atoms. The highest BCUT2D eigenvalue weighted by atomic mass is 32.1. The monoisotopic (exact) mass is 383 g/mol. The summed E-state index contributed by atoms with van der Waals surface area (Å²) in [6, 6.07) is 10.9. The van der Waals surface area contributed by atoms with Crippen molar-refractivity contribution < 1.29 is 18.5 Å². The summed E-state index contributed by atoms with van der Waals surface area (Å²) in [5, 5.41) is 4.40. The van der Waals surface area contributed by atoms with Crippen molar-refractivity contribution in [1.29, 1.82) is 0 Å². The summed E-state index contributed by atoms with van der Waals surface area (Å²) in [5.74, 6) is 1.70. The quantitative estimate of drug-likeness (QED) is 0.490. The molecule has 4 rings (SSSR count). The predicted octanol–water partition coefficient (Wildman–Crippen LogP) is 4.43. The van der Waals surface area contributed by atoms with Crippen molar-refractivity contribution in [3.8, 4) is 5.75 Å². The third kappa shape index (κ3) is 3.56. The lowest BCUT2D eigenvalue weighted by Crippen LogP contribution is -2.30. The maximum Gasteiger partial charge on any atom is 0.282 e. The highest BCUT2D eigenvalue weighted by Gasteiger charge is 2.25. The van der Waals surface area contributed by atoms with Crippen molar-refractivity contribution in [2.45, 2.75) is 20.4 Å². The van der Waals surface area contributed by atoms with Gasteiger partial charge in [-0.15, -0.1) is 0 Å². The summed E-state index contributed by atoms with van der Waals surface area (Å²) < 4.78 is 17.0. The van der Waals surface area contributed by atoms with E-state index in [1.165, 1.54) is 11.3 Å². The Morgan fingerprint density at radius 2 is 2.19 bits per heavy atom. The molecule has 3 aromatic heterocycles. The second-order valence-electron chi connectivity index (χ2n) is 5.85. The van der Waals surface area contributed by atoms with E-state index in [0.29, 0.717) is 23.3 Å². The third-order valence-corrected chi connectivity index (χ3v) is 4.92. The molecule has 0 atom stereocenters. The van der Waals surface area contributed by atoms with Crippen LogP contribution in [0.5, 0.6) is 5.75 Å². The van der Waals surface area contributed by atoms with E-state index >= 15 is 0 Å². The molecule has 0 saturated heterocycles. The number of hydrogen-bond acceptors (Lipinski definition) is 7. The minimum atomic E-state index is -0.299. The van der Waals surface area contributed by atoms with Gasteiger partial charge < -0.3 is 13.7 Å². The van der Waals surface area contributed by atoms with Crippen LogP contribution in [0.15, 0.2) is 51.6 Å². The number of ether oxygens (including phenoxy) is 1. The van der Waals surface area contributed by atoms with Gasteiger partial charge in [-0.3, -0.25) is 9.69 Å². The Balaban J connectivity index is 1.73. The summed E-state index contributed by atoms with van der Waals surface area (Å²) in [7, 11) is 0. The maximum atomic E-state index is 13.0. The van der Waals surface area contributed by atoms with Crippen LogP contribution in [0.25, 0.3) is 10.2 Å². The zero-order valence-electron chi connectivity index (χ0n) is 14.8. The number of carbonyl (C=O) groups excluding carboxylic acids is 1. The van der Waals surface area contributed by atoms with Crippen LogP contribution in [-0.4, -0.2) is 22.7 Å². The van der Waals surface area contributed by atoms with Gasteiger partial charge in [0.2, 0.25) is 0 Å². The lowest BCUT2D eigenvalue weighted by Gasteiger charge is -2.17. The summed E-state index contributed by atoms with van der Waals surface area (Å²) >= 11 is 1.41. The first-order valence-corrected chi connectivity index (χ1v) is 9.26. The van der Waals surface area contributed by atoms with E-state index in [1.54, 1.807) is 30.2 Å². The SMILES string of the molecule is CCOc1ccc2nc(N(Cc3ccco3)C(=O)c3cc(C)on3)sc2c1. The molecule has 0 unspecified atom stereocenters. The zero-order chi connectivity index (χ0) is 18.8. The number of aryl methyl sites for hydroxylation is 1. The van der Waals surface area contributed by atoms with Crippen LogP contribution >= 0.6 is 11.3 Å². The zero-order valence-corrected chi connectivity index (χ0v) is 15.7. The van der Waals surface area contributed by atoms with E-state index in [2.05, 4.69) is 10.1 Å². The van der Waals surface area contributed by atoms with Crippen LogP contribution in [0.3, 0.4) is 0 Å². The van der Waals surface area contributed by atoms with Crippen molar-refractivity contribution in [3.63, 3.8) is 0 Å². The first-order valence-electron chi connectivity index (χ1n) is 8.45. The topological polar surface area (TPSA) is 81.6 Å². The van der Waals surface area contributed by atoms with Gasteiger partial charge in [-0.2, -0.15) is 0 Å². The minimum Gasteiger partial charge on any atom is -0.494 e. The summed E-state index contributed by atoms with van der Waals surface area (Å²) in [4.78, 5) is 19.2. The highest BCUT2D eigenvalue weighted by molar-refractivity contribution is 7.22.